The maximum absolute atomic E-state index is 12.3. The Labute approximate surface area is 114 Å². The molecule has 0 radical (unpaired) electrons. The summed E-state index contributed by atoms with van der Waals surface area (Å²) in [5.74, 6) is -1.55. The first-order valence-corrected chi connectivity index (χ1v) is 5.93. The predicted octanol–water partition coefficient (Wildman–Crippen LogP) is -0.303. The standard InChI is InChI=1S/C14H14N2O4/c1-8-4-6-9(7-5-8)11(17)10-12(18)15(2)14(20)16(3)13(10)19/h4-7,18H,1-3H3/p-1. The van der Waals surface area contributed by atoms with Crippen LogP contribution in [0.2, 0.25) is 0 Å². The second-order valence-electron chi connectivity index (χ2n) is 4.58. The van der Waals surface area contributed by atoms with Crippen LogP contribution in [0.5, 0.6) is 5.88 Å². The molecule has 2 rings (SSSR count). The summed E-state index contributed by atoms with van der Waals surface area (Å²) in [4.78, 5) is 35.8. The van der Waals surface area contributed by atoms with Crippen LogP contribution < -0.4 is 16.4 Å². The second-order valence-corrected chi connectivity index (χ2v) is 4.58. The van der Waals surface area contributed by atoms with Crippen LogP contribution in [0.3, 0.4) is 0 Å². The number of rotatable bonds is 2. The fourth-order valence-corrected chi connectivity index (χ4v) is 1.87. The minimum Gasteiger partial charge on any atom is -0.859 e. The Balaban J connectivity index is 2.70. The van der Waals surface area contributed by atoms with Gasteiger partial charge in [-0.1, -0.05) is 29.8 Å². The summed E-state index contributed by atoms with van der Waals surface area (Å²) in [6.45, 7) is 1.86. The molecule has 20 heavy (non-hydrogen) atoms. The summed E-state index contributed by atoms with van der Waals surface area (Å²) in [6.07, 6.45) is 0. The number of ketones is 1. The lowest BCUT2D eigenvalue weighted by molar-refractivity contribution is -0.280. The Morgan fingerprint density at radius 1 is 1.05 bits per heavy atom. The van der Waals surface area contributed by atoms with Gasteiger partial charge in [-0.2, -0.15) is 0 Å². The molecule has 2 aromatic rings. The van der Waals surface area contributed by atoms with E-state index in [1.54, 1.807) is 24.3 Å². The lowest BCUT2D eigenvalue weighted by Gasteiger charge is -2.17. The lowest BCUT2D eigenvalue weighted by Crippen LogP contribution is -2.41. The molecule has 0 N–H and O–H groups in total. The van der Waals surface area contributed by atoms with Crippen molar-refractivity contribution in [2.75, 3.05) is 0 Å². The van der Waals surface area contributed by atoms with E-state index in [0.717, 1.165) is 14.7 Å². The van der Waals surface area contributed by atoms with E-state index in [2.05, 4.69) is 0 Å². The minimum absolute atomic E-state index is 0.239. The Bertz CT molecular complexity index is 798. The van der Waals surface area contributed by atoms with Gasteiger partial charge in [0, 0.05) is 19.7 Å². The second kappa shape index (κ2) is 4.80. The van der Waals surface area contributed by atoms with Gasteiger partial charge in [-0.25, -0.2) is 4.79 Å². The van der Waals surface area contributed by atoms with Crippen LogP contribution in [0.4, 0.5) is 0 Å². The van der Waals surface area contributed by atoms with E-state index in [-0.39, 0.29) is 5.56 Å². The fraction of sp³-hybridized carbons (Fsp3) is 0.214. The Hall–Kier alpha value is -2.63. The highest BCUT2D eigenvalue weighted by atomic mass is 16.3. The largest absolute Gasteiger partial charge is 0.859 e. The van der Waals surface area contributed by atoms with E-state index < -0.39 is 28.5 Å². The zero-order valence-corrected chi connectivity index (χ0v) is 11.3. The van der Waals surface area contributed by atoms with Crippen molar-refractivity contribution in [2.45, 2.75) is 6.92 Å². The molecule has 0 atom stereocenters. The summed E-state index contributed by atoms with van der Waals surface area (Å²) >= 11 is 0. The SMILES string of the molecule is Cc1ccc(C(=O)c2c([O-])n(C)c(=O)n(C)c2=O)cc1. The lowest BCUT2D eigenvalue weighted by atomic mass is 10.0. The van der Waals surface area contributed by atoms with Gasteiger partial charge in [-0.15, -0.1) is 0 Å². The van der Waals surface area contributed by atoms with Crippen molar-refractivity contribution >= 4 is 5.78 Å². The van der Waals surface area contributed by atoms with Crippen LogP contribution >= 0.6 is 0 Å². The van der Waals surface area contributed by atoms with Gasteiger partial charge >= 0.3 is 5.69 Å². The molecule has 104 valence electrons. The first-order chi connectivity index (χ1) is 9.34. The van der Waals surface area contributed by atoms with Crippen molar-refractivity contribution in [1.29, 1.82) is 0 Å². The molecule has 1 aromatic heterocycles. The number of hydrogen-bond donors (Lipinski definition) is 0. The van der Waals surface area contributed by atoms with Crippen LogP contribution in [0, 0.1) is 6.92 Å². The third-order valence-electron chi connectivity index (χ3n) is 3.15. The van der Waals surface area contributed by atoms with Gasteiger partial charge in [0.1, 0.15) is 0 Å². The number of benzene rings is 1. The predicted molar refractivity (Wildman–Crippen MR) is 71.0 cm³/mol. The van der Waals surface area contributed by atoms with Crippen LogP contribution in [-0.2, 0) is 14.1 Å². The molecule has 0 spiro atoms. The third kappa shape index (κ3) is 2.05. The van der Waals surface area contributed by atoms with E-state index in [4.69, 9.17) is 0 Å². The topological polar surface area (TPSA) is 84.1 Å². The molecular formula is C14H13N2O4-. The van der Waals surface area contributed by atoms with Gasteiger partial charge in [-0.3, -0.25) is 14.2 Å². The highest BCUT2D eigenvalue weighted by Crippen LogP contribution is 2.13. The molecule has 0 aliphatic rings. The summed E-state index contributed by atoms with van der Waals surface area (Å²) in [6, 6.07) is 6.51. The normalized spacial score (nSPS) is 10.6. The van der Waals surface area contributed by atoms with Gasteiger partial charge in [-0.05, 0) is 12.8 Å². The highest BCUT2D eigenvalue weighted by molar-refractivity contribution is 6.10. The number of aromatic nitrogens is 2. The molecule has 6 heteroatoms. The molecule has 0 bridgehead atoms. The van der Waals surface area contributed by atoms with E-state index in [9.17, 15) is 19.5 Å². The molecule has 0 amide bonds. The van der Waals surface area contributed by atoms with E-state index >= 15 is 0 Å². The number of carbonyl (C=O) groups is 1. The fourth-order valence-electron chi connectivity index (χ4n) is 1.87. The van der Waals surface area contributed by atoms with Gasteiger partial charge in [0.15, 0.2) is 5.78 Å². The first kappa shape index (κ1) is 13.8. The maximum atomic E-state index is 12.3. The van der Waals surface area contributed by atoms with Crippen molar-refractivity contribution in [3.8, 4) is 5.88 Å². The smallest absolute Gasteiger partial charge is 0.329 e. The average molecular weight is 273 g/mol. The summed E-state index contributed by atoms with van der Waals surface area (Å²) in [5.41, 5.74) is -0.941. The van der Waals surface area contributed by atoms with Crippen LogP contribution in [-0.4, -0.2) is 14.9 Å². The van der Waals surface area contributed by atoms with Crippen LogP contribution in [0.1, 0.15) is 21.5 Å². The van der Waals surface area contributed by atoms with Crippen LogP contribution in [0.25, 0.3) is 0 Å². The summed E-state index contributed by atoms with van der Waals surface area (Å²) < 4.78 is 1.51. The molecule has 0 saturated heterocycles. The number of nitrogens with zero attached hydrogens (tertiary/aromatic N) is 2. The Morgan fingerprint density at radius 3 is 2.15 bits per heavy atom. The molecule has 0 fully saturated rings. The minimum atomic E-state index is -0.872. The molecule has 6 nitrogen and oxygen atoms in total. The maximum Gasteiger partial charge on any atom is 0.329 e. The first-order valence-electron chi connectivity index (χ1n) is 5.93. The molecule has 0 aliphatic heterocycles. The average Bonchev–Trinajstić information content (AvgIpc) is 2.44. The zero-order chi connectivity index (χ0) is 15.0. The van der Waals surface area contributed by atoms with E-state index in [1.165, 1.54) is 14.1 Å². The van der Waals surface area contributed by atoms with Gasteiger partial charge in [0.2, 0.25) is 0 Å². The van der Waals surface area contributed by atoms with Crippen molar-refractivity contribution in [3.05, 3.63) is 61.8 Å². The van der Waals surface area contributed by atoms with Crippen LogP contribution in [0.15, 0.2) is 33.9 Å². The zero-order valence-electron chi connectivity index (χ0n) is 11.3. The van der Waals surface area contributed by atoms with Gasteiger partial charge in [0.05, 0.1) is 5.56 Å². The molecule has 0 saturated carbocycles. The Morgan fingerprint density at radius 2 is 1.60 bits per heavy atom. The van der Waals surface area contributed by atoms with E-state index in [1.807, 2.05) is 6.92 Å². The third-order valence-corrected chi connectivity index (χ3v) is 3.15. The number of aryl methyl sites for hydroxylation is 1. The molecule has 1 aromatic carbocycles. The van der Waals surface area contributed by atoms with Gasteiger partial charge < -0.3 is 9.67 Å². The summed E-state index contributed by atoms with van der Waals surface area (Å²) in [7, 11) is 2.46. The Kier molecular flexibility index (Phi) is 3.31. The molecule has 0 unspecified atom stereocenters. The van der Waals surface area contributed by atoms with Crippen molar-refractivity contribution < 1.29 is 9.90 Å². The number of hydrogen-bond acceptors (Lipinski definition) is 4. The van der Waals surface area contributed by atoms with Crippen molar-refractivity contribution in [2.24, 2.45) is 14.1 Å². The molecule has 1 heterocycles. The summed E-state index contributed by atoms with van der Waals surface area (Å²) in [5, 5.41) is 12.0. The molecular weight excluding hydrogens is 260 g/mol. The number of carbonyl (C=O) groups excluding carboxylic acids is 1. The quantitative estimate of drug-likeness (QED) is 0.703. The van der Waals surface area contributed by atoms with Gasteiger partial charge in [0.25, 0.3) is 5.56 Å². The van der Waals surface area contributed by atoms with E-state index in [0.29, 0.717) is 0 Å². The monoisotopic (exact) mass is 273 g/mol. The van der Waals surface area contributed by atoms with Crippen molar-refractivity contribution in [1.82, 2.24) is 9.13 Å². The molecule has 0 aliphatic carbocycles. The highest BCUT2D eigenvalue weighted by Gasteiger charge is 2.18. The van der Waals surface area contributed by atoms with Crippen molar-refractivity contribution in [3.63, 3.8) is 0 Å².